The number of aromatic nitrogens is 2. The third kappa shape index (κ3) is 5.21. The van der Waals surface area contributed by atoms with Crippen LogP contribution in [0.25, 0.3) is 5.69 Å². The third-order valence-electron chi connectivity index (χ3n) is 6.25. The second kappa shape index (κ2) is 10.6. The number of aryl methyl sites for hydroxylation is 1. The van der Waals surface area contributed by atoms with Crippen LogP contribution in [0.2, 0.25) is 0 Å². The first-order valence-corrected chi connectivity index (χ1v) is 11.8. The van der Waals surface area contributed by atoms with Gasteiger partial charge >= 0.3 is 0 Å². The number of benzene rings is 2. The van der Waals surface area contributed by atoms with E-state index < -0.39 is 0 Å². The van der Waals surface area contributed by atoms with Crippen molar-refractivity contribution in [2.24, 2.45) is 5.92 Å². The van der Waals surface area contributed by atoms with Crippen LogP contribution in [-0.4, -0.2) is 34.2 Å². The van der Waals surface area contributed by atoms with Gasteiger partial charge in [0.05, 0.1) is 30.6 Å². The van der Waals surface area contributed by atoms with Crippen LogP contribution in [-0.2, 0) is 11.3 Å². The minimum atomic E-state index is 0.142. The highest BCUT2D eigenvalue weighted by Gasteiger charge is 2.29. The molecular weight excluding hydrogens is 414 g/mol. The van der Waals surface area contributed by atoms with Crippen molar-refractivity contribution in [1.29, 1.82) is 0 Å². The van der Waals surface area contributed by atoms with Crippen molar-refractivity contribution in [3.63, 3.8) is 0 Å². The lowest BCUT2D eigenvalue weighted by molar-refractivity contribution is -0.136. The van der Waals surface area contributed by atoms with Crippen LogP contribution in [0, 0.1) is 12.8 Å². The Kier molecular flexibility index (Phi) is 7.33. The summed E-state index contributed by atoms with van der Waals surface area (Å²) in [5.41, 5.74) is 2.70. The molecule has 1 saturated carbocycles. The molecule has 3 aromatic rings. The molecule has 1 aliphatic rings. The quantitative estimate of drug-likeness (QED) is 0.409. The second-order valence-electron chi connectivity index (χ2n) is 8.64. The first-order valence-electron chi connectivity index (χ1n) is 11.8. The fourth-order valence-corrected chi connectivity index (χ4v) is 4.50. The summed E-state index contributed by atoms with van der Waals surface area (Å²) >= 11 is 0. The first-order chi connectivity index (χ1) is 16.1. The van der Waals surface area contributed by atoms with Gasteiger partial charge < -0.3 is 14.4 Å². The molecule has 0 aliphatic heterocycles. The highest BCUT2D eigenvalue weighted by atomic mass is 16.5. The highest BCUT2D eigenvalue weighted by molar-refractivity contribution is 5.79. The topological polar surface area (TPSA) is 56.6 Å². The summed E-state index contributed by atoms with van der Waals surface area (Å²) in [7, 11) is 1.64. The average molecular weight is 448 g/mol. The molecule has 0 N–H and O–H groups in total. The van der Waals surface area contributed by atoms with Crippen LogP contribution in [0.5, 0.6) is 17.4 Å². The molecule has 1 heterocycles. The largest absolute Gasteiger partial charge is 0.497 e. The molecule has 1 amide bonds. The van der Waals surface area contributed by atoms with E-state index >= 15 is 0 Å². The number of carbonyl (C=O) groups is 1. The molecule has 6 heteroatoms. The Bertz CT molecular complexity index is 1070. The first kappa shape index (κ1) is 22.9. The number of ether oxygens (including phenoxy) is 2. The van der Waals surface area contributed by atoms with Crippen molar-refractivity contribution in [1.82, 2.24) is 14.7 Å². The molecule has 0 atom stereocenters. The van der Waals surface area contributed by atoms with Gasteiger partial charge in [-0.15, -0.1) is 0 Å². The zero-order chi connectivity index (χ0) is 23.2. The van der Waals surface area contributed by atoms with E-state index in [1.807, 2.05) is 71.1 Å². The molecule has 1 fully saturated rings. The maximum atomic E-state index is 13.3. The van der Waals surface area contributed by atoms with Crippen LogP contribution in [0.4, 0.5) is 0 Å². The van der Waals surface area contributed by atoms with Gasteiger partial charge in [0, 0.05) is 18.5 Å². The van der Waals surface area contributed by atoms with Crippen LogP contribution in [0.15, 0.2) is 54.6 Å². The SMILES string of the molecule is CCCN(Cc1c(C)nn(-c2ccccc2)c1Oc1cccc(OC)c1)C(=O)C1CCCC1. The predicted molar refractivity (Wildman–Crippen MR) is 129 cm³/mol. The maximum Gasteiger partial charge on any atom is 0.227 e. The summed E-state index contributed by atoms with van der Waals surface area (Å²) in [4.78, 5) is 15.3. The van der Waals surface area contributed by atoms with Crippen molar-refractivity contribution in [2.45, 2.75) is 52.5 Å². The normalized spacial score (nSPS) is 13.8. The van der Waals surface area contributed by atoms with Gasteiger partial charge in [0.15, 0.2) is 0 Å². The average Bonchev–Trinajstić information content (AvgIpc) is 3.48. The monoisotopic (exact) mass is 447 g/mol. The molecule has 0 spiro atoms. The molecule has 33 heavy (non-hydrogen) atoms. The molecular formula is C27H33N3O3. The minimum absolute atomic E-state index is 0.142. The summed E-state index contributed by atoms with van der Waals surface area (Å²) in [6.45, 7) is 5.31. The Balaban J connectivity index is 1.72. The van der Waals surface area contributed by atoms with E-state index in [-0.39, 0.29) is 11.8 Å². The number of hydrogen-bond donors (Lipinski definition) is 0. The molecule has 1 aliphatic carbocycles. The van der Waals surface area contributed by atoms with Crippen molar-refractivity contribution < 1.29 is 14.3 Å². The van der Waals surface area contributed by atoms with Gasteiger partial charge in [-0.2, -0.15) is 5.10 Å². The highest BCUT2D eigenvalue weighted by Crippen LogP contribution is 2.34. The van der Waals surface area contributed by atoms with E-state index in [4.69, 9.17) is 14.6 Å². The Labute approximate surface area is 196 Å². The van der Waals surface area contributed by atoms with E-state index in [1.165, 1.54) is 0 Å². The Morgan fingerprint density at radius 3 is 2.52 bits per heavy atom. The van der Waals surface area contributed by atoms with Crippen LogP contribution in [0.1, 0.15) is 50.3 Å². The number of nitrogens with zero attached hydrogens (tertiary/aromatic N) is 3. The van der Waals surface area contributed by atoms with Crippen molar-refractivity contribution in [3.8, 4) is 23.1 Å². The zero-order valence-corrected chi connectivity index (χ0v) is 19.8. The van der Waals surface area contributed by atoms with E-state index in [0.717, 1.165) is 61.3 Å². The van der Waals surface area contributed by atoms with E-state index in [2.05, 4.69) is 6.92 Å². The molecule has 6 nitrogen and oxygen atoms in total. The molecule has 1 aromatic heterocycles. The number of methoxy groups -OCH3 is 1. The lowest BCUT2D eigenvalue weighted by atomic mass is 10.1. The smallest absolute Gasteiger partial charge is 0.227 e. The Morgan fingerprint density at radius 1 is 1.09 bits per heavy atom. The minimum Gasteiger partial charge on any atom is -0.497 e. The van der Waals surface area contributed by atoms with Gasteiger partial charge in [0.25, 0.3) is 0 Å². The summed E-state index contributed by atoms with van der Waals surface area (Å²) in [5.74, 6) is 2.42. The van der Waals surface area contributed by atoms with Crippen LogP contribution in [0.3, 0.4) is 0 Å². The van der Waals surface area contributed by atoms with Crippen LogP contribution < -0.4 is 9.47 Å². The summed E-state index contributed by atoms with van der Waals surface area (Å²) in [6, 6.07) is 17.5. The fraction of sp³-hybridized carbons (Fsp3) is 0.407. The van der Waals surface area contributed by atoms with Gasteiger partial charge in [0.2, 0.25) is 11.8 Å². The van der Waals surface area contributed by atoms with E-state index in [1.54, 1.807) is 7.11 Å². The number of para-hydroxylation sites is 1. The van der Waals surface area contributed by atoms with Crippen molar-refractivity contribution in [2.75, 3.05) is 13.7 Å². The lowest BCUT2D eigenvalue weighted by Crippen LogP contribution is -2.35. The second-order valence-corrected chi connectivity index (χ2v) is 8.64. The molecule has 0 saturated heterocycles. The number of hydrogen-bond acceptors (Lipinski definition) is 4. The van der Waals surface area contributed by atoms with Crippen molar-refractivity contribution in [3.05, 3.63) is 65.9 Å². The maximum absolute atomic E-state index is 13.3. The summed E-state index contributed by atoms with van der Waals surface area (Å²) < 4.78 is 13.6. The zero-order valence-electron chi connectivity index (χ0n) is 19.8. The molecule has 0 bridgehead atoms. The standard InChI is InChI=1S/C27H33N3O3/c1-4-17-29(26(31)21-11-8-9-12-21)19-25-20(2)28-30(22-13-6-5-7-14-22)27(25)33-24-16-10-15-23(18-24)32-3/h5-7,10,13-16,18,21H,4,8-9,11-12,17,19H2,1-3H3. The predicted octanol–water partition coefficient (Wildman–Crippen LogP) is 5.91. The van der Waals surface area contributed by atoms with Crippen molar-refractivity contribution >= 4 is 5.91 Å². The van der Waals surface area contributed by atoms with Gasteiger partial charge in [-0.25, -0.2) is 4.68 Å². The Morgan fingerprint density at radius 2 is 1.82 bits per heavy atom. The lowest BCUT2D eigenvalue weighted by Gasteiger charge is -2.25. The van der Waals surface area contributed by atoms with Gasteiger partial charge in [-0.1, -0.05) is 44.0 Å². The molecule has 0 unspecified atom stereocenters. The molecule has 0 radical (unpaired) electrons. The van der Waals surface area contributed by atoms with Gasteiger partial charge in [-0.05, 0) is 50.5 Å². The number of amides is 1. The Hall–Kier alpha value is -3.28. The van der Waals surface area contributed by atoms with Crippen LogP contribution >= 0.6 is 0 Å². The summed E-state index contributed by atoms with van der Waals surface area (Å²) in [5, 5.41) is 4.81. The fourth-order valence-electron chi connectivity index (χ4n) is 4.50. The summed E-state index contributed by atoms with van der Waals surface area (Å²) in [6.07, 6.45) is 5.19. The van der Waals surface area contributed by atoms with E-state index in [0.29, 0.717) is 18.2 Å². The van der Waals surface area contributed by atoms with Gasteiger partial charge in [0.1, 0.15) is 11.5 Å². The number of carbonyl (C=O) groups excluding carboxylic acids is 1. The molecule has 2 aromatic carbocycles. The molecule has 4 rings (SSSR count). The van der Waals surface area contributed by atoms with Gasteiger partial charge in [-0.3, -0.25) is 4.79 Å². The number of rotatable bonds is 9. The molecule has 174 valence electrons. The third-order valence-corrected chi connectivity index (χ3v) is 6.25. The van der Waals surface area contributed by atoms with E-state index in [9.17, 15) is 4.79 Å².